The molecule has 0 saturated heterocycles. The van der Waals surface area contributed by atoms with Crippen LogP contribution in [0.15, 0.2) is 0 Å². The molecular weight excluding hydrogens is 244 g/mol. The molecule has 2 amide bonds. The third kappa shape index (κ3) is 3.85. The van der Waals surface area contributed by atoms with E-state index in [1.54, 1.807) is 0 Å². The zero-order valence-corrected chi connectivity index (χ0v) is 11.5. The van der Waals surface area contributed by atoms with Gasteiger partial charge in [-0.25, -0.2) is 4.79 Å². The summed E-state index contributed by atoms with van der Waals surface area (Å²) < 4.78 is 0. The van der Waals surface area contributed by atoms with Gasteiger partial charge < -0.3 is 15.7 Å². The molecule has 0 heterocycles. The molecule has 2 fully saturated rings. The lowest BCUT2D eigenvalue weighted by Crippen LogP contribution is -2.49. The maximum absolute atomic E-state index is 11.8. The van der Waals surface area contributed by atoms with E-state index in [4.69, 9.17) is 5.11 Å². The Bertz CT molecular complexity index is 334. The van der Waals surface area contributed by atoms with Crippen LogP contribution >= 0.6 is 0 Å². The summed E-state index contributed by atoms with van der Waals surface area (Å²) in [7, 11) is 0. The molecule has 0 radical (unpaired) electrons. The summed E-state index contributed by atoms with van der Waals surface area (Å²) in [6.07, 6.45) is 6.56. The minimum atomic E-state index is -0.707. The van der Waals surface area contributed by atoms with Gasteiger partial charge >= 0.3 is 12.0 Å². The largest absolute Gasteiger partial charge is 0.481 e. The Morgan fingerprint density at radius 3 is 2.21 bits per heavy atom. The van der Waals surface area contributed by atoms with Gasteiger partial charge in [0.1, 0.15) is 0 Å². The van der Waals surface area contributed by atoms with Crippen molar-refractivity contribution in [1.29, 1.82) is 0 Å². The Morgan fingerprint density at radius 1 is 1.11 bits per heavy atom. The highest BCUT2D eigenvalue weighted by Gasteiger charge is 2.28. The number of urea groups is 1. The fourth-order valence-electron chi connectivity index (χ4n) is 2.98. The van der Waals surface area contributed by atoms with Gasteiger partial charge in [-0.1, -0.05) is 6.42 Å². The molecule has 0 aliphatic heterocycles. The summed E-state index contributed by atoms with van der Waals surface area (Å²) in [6.45, 7) is 2.06. The third-order valence-corrected chi connectivity index (χ3v) is 4.63. The Labute approximate surface area is 114 Å². The number of nitrogens with one attached hydrogen (secondary N) is 2. The van der Waals surface area contributed by atoms with Crippen molar-refractivity contribution in [3.63, 3.8) is 0 Å². The van der Waals surface area contributed by atoms with Crippen molar-refractivity contribution in [1.82, 2.24) is 10.6 Å². The predicted molar refractivity (Wildman–Crippen MR) is 71.9 cm³/mol. The summed E-state index contributed by atoms with van der Waals surface area (Å²) >= 11 is 0. The van der Waals surface area contributed by atoms with Gasteiger partial charge in [0.2, 0.25) is 0 Å². The van der Waals surface area contributed by atoms with Gasteiger partial charge in [0.15, 0.2) is 0 Å². The van der Waals surface area contributed by atoms with Crippen LogP contribution in [0, 0.1) is 11.8 Å². The Balaban J connectivity index is 1.67. The molecule has 19 heavy (non-hydrogen) atoms. The van der Waals surface area contributed by atoms with Crippen molar-refractivity contribution in [3.8, 4) is 0 Å². The fraction of sp³-hybridized carbons (Fsp3) is 0.857. The molecule has 2 rings (SSSR count). The average Bonchev–Trinajstić information content (AvgIpc) is 2.26. The number of carboxylic acids is 1. The lowest BCUT2D eigenvalue weighted by molar-refractivity contribution is -0.142. The second-order valence-corrected chi connectivity index (χ2v) is 5.98. The van der Waals surface area contributed by atoms with Crippen LogP contribution < -0.4 is 10.6 Å². The van der Waals surface area contributed by atoms with Crippen LogP contribution in [0.5, 0.6) is 0 Å². The quantitative estimate of drug-likeness (QED) is 0.730. The zero-order chi connectivity index (χ0) is 13.8. The number of aliphatic carboxylic acids is 1. The van der Waals surface area contributed by atoms with Crippen molar-refractivity contribution >= 4 is 12.0 Å². The monoisotopic (exact) mass is 268 g/mol. The highest BCUT2D eigenvalue weighted by Crippen LogP contribution is 2.29. The molecule has 3 N–H and O–H groups in total. The molecule has 0 spiro atoms. The molecule has 0 bridgehead atoms. The van der Waals surface area contributed by atoms with Crippen molar-refractivity contribution in [2.75, 3.05) is 0 Å². The molecular formula is C14H24N2O3. The van der Waals surface area contributed by atoms with Crippen molar-refractivity contribution in [2.45, 2.75) is 64.0 Å². The first-order valence-electron chi connectivity index (χ1n) is 7.36. The second-order valence-electron chi connectivity index (χ2n) is 5.98. The summed E-state index contributed by atoms with van der Waals surface area (Å²) in [5.74, 6) is -0.301. The molecule has 0 aromatic rings. The maximum Gasteiger partial charge on any atom is 0.315 e. The van der Waals surface area contributed by atoms with Gasteiger partial charge in [0.25, 0.3) is 0 Å². The maximum atomic E-state index is 11.8. The van der Waals surface area contributed by atoms with Crippen molar-refractivity contribution in [3.05, 3.63) is 0 Å². The molecule has 2 saturated carbocycles. The topological polar surface area (TPSA) is 78.4 Å². The van der Waals surface area contributed by atoms with Gasteiger partial charge in [-0.3, -0.25) is 4.79 Å². The zero-order valence-electron chi connectivity index (χ0n) is 11.5. The molecule has 2 aliphatic rings. The van der Waals surface area contributed by atoms with E-state index < -0.39 is 5.97 Å². The first-order chi connectivity index (χ1) is 9.06. The van der Waals surface area contributed by atoms with Crippen LogP contribution in [0.3, 0.4) is 0 Å². The predicted octanol–water partition coefficient (Wildman–Crippen LogP) is 2.12. The number of hydrogen-bond acceptors (Lipinski definition) is 2. The summed E-state index contributed by atoms with van der Waals surface area (Å²) in [5, 5.41) is 14.9. The highest BCUT2D eigenvalue weighted by molar-refractivity contribution is 5.74. The van der Waals surface area contributed by atoms with Crippen LogP contribution in [-0.4, -0.2) is 29.2 Å². The number of hydrogen-bond donors (Lipinski definition) is 3. The van der Waals surface area contributed by atoms with E-state index >= 15 is 0 Å². The molecule has 2 aliphatic carbocycles. The molecule has 0 aromatic heterocycles. The third-order valence-electron chi connectivity index (χ3n) is 4.63. The van der Waals surface area contributed by atoms with Crippen LogP contribution in [0.1, 0.15) is 51.9 Å². The number of carbonyl (C=O) groups excluding carboxylic acids is 1. The molecule has 1 atom stereocenters. The number of carboxylic acid groups (broad SMARTS) is 1. The Morgan fingerprint density at radius 2 is 1.74 bits per heavy atom. The molecule has 1 unspecified atom stereocenters. The first-order valence-corrected chi connectivity index (χ1v) is 7.36. The summed E-state index contributed by atoms with van der Waals surface area (Å²) in [6, 6.07) is 0.270. The van der Waals surface area contributed by atoms with E-state index in [0.717, 1.165) is 12.8 Å². The van der Waals surface area contributed by atoms with Gasteiger partial charge in [0.05, 0.1) is 5.92 Å². The Kier molecular flexibility index (Phi) is 4.66. The van der Waals surface area contributed by atoms with Crippen molar-refractivity contribution in [2.24, 2.45) is 11.8 Å². The van der Waals surface area contributed by atoms with Gasteiger partial charge in [-0.2, -0.15) is 0 Å². The average molecular weight is 268 g/mol. The van der Waals surface area contributed by atoms with Crippen LogP contribution in [0.25, 0.3) is 0 Å². The van der Waals surface area contributed by atoms with Crippen LogP contribution in [0.4, 0.5) is 4.79 Å². The van der Waals surface area contributed by atoms with E-state index in [2.05, 4.69) is 17.6 Å². The van der Waals surface area contributed by atoms with E-state index in [9.17, 15) is 9.59 Å². The van der Waals surface area contributed by atoms with E-state index in [-0.39, 0.29) is 24.0 Å². The van der Waals surface area contributed by atoms with Crippen molar-refractivity contribution < 1.29 is 14.7 Å². The minimum absolute atomic E-state index is 0.0989. The van der Waals surface area contributed by atoms with Crippen LogP contribution in [-0.2, 0) is 4.79 Å². The van der Waals surface area contributed by atoms with E-state index in [0.29, 0.717) is 18.8 Å². The van der Waals surface area contributed by atoms with E-state index in [1.807, 2.05) is 0 Å². The highest BCUT2D eigenvalue weighted by atomic mass is 16.4. The standard InChI is InChI=1S/C14H24N2O3/c1-9(10-3-2-4-10)15-14(19)16-12-7-5-11(6-8-12)13(17)18/h9-12H,2-8H2,1H3,(H,17,18)(H2,15,16,19). The number of carbonyl (C=O) groups is 2. The molecule has 108 valence electrons. The van der Waals surface area contributed by atoms with Gasteiger partial charge in [-0.15, -0.1) is 0 Å². The molecule has 5 heteroatoms. The SMILES string of the molecule is CC(NC(=O)NC1CCC(C(=O)O)CC1)C1CCC1. The number of amides is 2. The number of rotatable bonds is 4. The van der Waals surface area contributed by atoms with Gasteiger partial charge in [0, 0.05) is 12.1 Å². The van der Waals surface area contributed by atoms with Crippen LogP contribution in [0.2, 0.25) is 0 Å². The first kappa shape index (κ1) is 14.2. The fourth-order valence-corrected chi connectivity index (χ4v) is 2.98. The summed E-state index contributed by atoms with van der Waals surface area (Å²) in [4.78, 5) is 22.7. The lowest BCUT2D eigenvalue weighted by Gasteiger charge is -2.33. The second kappa shape index (κ2) is 6.26. The lowest BCUT2D eigenvalue weighted by atomic mass is 9.80. The summed E-state index contributed by atoms with van der Waals surface area (Å²) in [5.41, 5.74) is 0. The smallest absolute Gasteiger partial charge is 0.315 e. The Hall–Kier alpha value is -1.26. The molecule has 0 aromatic carbocycles. The van der Waals surface area contributed by atoms with Gasteiger partial charge in [-0.05, 0) is 51.4 Å². The molecule has 5 nitrogen and oxygen atoms in total. The normalized spacial score (nSPS) is 29.1. The van der Waals surface area contributed by atoms with E-state index in [1.165, 1.54) is 19.3 Å². The minimum Gasteiger partial charge on any atom is -0.481 e.